The molecule has 0 saturated carbocycles. The van der Waals surface area contributed by atoms with Crippen molar-refractivity contribution in [1.29, 1.82) is 0 Å². The SMILES string of the molecule is O=C=NC(O)CCCCCO. The zero-order chi connectivity index (χ0) is 8.53. The number of unbranched alkanes of at least 4 members (excludes halogenated alkanes) is 2. The fourth-order valence-corrected chi connectivity index (χ4v) is 0.741. The van der Waals surface area contributed by atoms with Gasteiger partial charge in [0.2, 0.25) is 6.08 Å². The van der Waals surface area contributed by atoms with Gasteiger partial charge in [-0.2, -0.15) is 4.99 Å². The minimum absolute atomic E-state index is 0.174. The fraction of sp³-hybridized carbons (Fsp3) is 0.857. The maximum Gasteiger partial charge on any atom is 0.237 e. The Bertz CT molecular complexity index is 132. The quantitative estimate of drug-likeness (QED) is 0.330. The second kappa shape index (κ2) is 7.41. The van der Waals surface area contributed by atoms with Crippen molar-refractivity contribution < 1.29 is 15.0 Å². The van der Waals surface area contributed by atoms with Gasteiger partial charge in [0, 0.05) is 6.61 Å². The standard InChI is InChI=1S/C7H13NO3/c9-5-3-1-2-4-7(11)8-6-10/h7,9,11H,1-5H2. The van der Waals surface area contributed by atoms with Crippen molar-refractivity contribution in [1.82, 2.24) is 0 Å². The highest BCUT2D eigenvalue weighted by Gasteiger charge is 1.98. The monoisotopic (exact) mass is 159 g/mol. The van der Waals surface area contributed by atoms with E-state index in [9.17, 15) is 4.79 Å². The highest BCUT2D eigenvalue weighted by atomic mass is 16.3. The second-order valence-electron chi connectivity index (χ2n) is 2.27. The minimum Gasteiger partial charge on any atom is -0.396 e. The largest absolute Gasteiger partial charge is 0.396 e. The van der Waals surface area contributed by atoms with E-state index in [-0.39, 0.29) is 6.61 Å². The van der Waals surface area contributed by atoms with Gasteiger partial charge in [-0.1, -0.05) is 6.42 Å². The zero-order valence-corrected chi connectivity index (χ0v) is 6.36. The topological polar surface area (TPSA) is 69.9 Å². The third-order valence-electron chi connectivity index (χ3n) is 1.32. The molecule has 0 aliphatic rings. The van der Waals surface area contributed by atoms with Gasteiger partial charge in [0.15, 0.2) is 6.23 Å². The van der Waals surface area contributed by atoms with Crippen LogP contribution in [0.3, 0.4) is 0 Å². The van der Waals surface area contributed by atoms with Gasteiger partial charge in [0.1, 0.15) is 0 Å². The van der Waals surface area contributed by atoms with Crippen LogP contribution in [0, 0.1) is 0 Å². The summed E-state index contributed by atoms with van der Waals surface area (Å²) in [5.41, 5.74) is 0. The molecule has 4 heteroatoms. The Hall–Kier alpha value is -0.700. The van der Waals surface area contributed by atoms with Gasteiger partial charge in [-0.15, -0.1) is 0 Å². The molecular weight excluding hydrogens is 146 g/mol. The summed E-state index contributed by atoms with van der Waals surface area (Å²) in [7, 11) is 0. The van der Waals surface area contributed by atoms with Crippen LogP contribution in [0.15, 0.2) is 4.99 Å². The Kier molecular flexibility index (Phi) is 6.94. The number of rotatable bonds is 6. The molecule has 4 nitrogen and oxygen atoms in total. The molecule has 0 aliphatic carbocycles. The van der Waals surface area contributed by atoms with Crippen LogP contribution < -0.4 is 0 Å². The lowest BCUT2D eigenvalue weighted by molar-refractivity contribution is 0.168. The molecule has 0 saturated heterocycles. The van der Waals surface area contributed by atoms with Gasteiger partial charge < -0.3 is 10.2 Å². The van der Waals surface area contributed by atoms with Crippen LogP contribution in [0.2, 0.25) is 0 Å². The molecule has 2 N–H and O–H groups in total. The summed E-state index contributed by atoms with van der Waals surface area (Å²) in [5.74, 6) is 0. The Morgan fingerprint density at radius 3 is 2.64 bits per heavy atom. The molecule has 0 aromatic carbocycles. The summed E-state index contributed by atoms with van der Waals surface area (Å²) in [6, 6.07) is 0. The lowest BCUT2D eigenvalue weighted by Gasteiger charge is -2.00. The summed E-state index contributed by atoms with van der Waals surface area (Å²) >= 11 is 0. The number of hydrogen-bond acceptors (Lipinski definition) is 4. The molecular formula is C7H13NO3. The molecule has 0 amide bonds. The molecule has 0 spiro atoms. The smallest absolute Gasteiger partial charge is 0.237 e. The van der Waals surface area contributed by atoms with Gasteiger partial charge in [-0.3, -0.25) is 0 Å². The van der Waals surface area contributed by atoms with Crippen LogP contribution in [-0.2, 0) is 4.79 Å². The van der Waals surface area contributed by atoms with Crippen molar-refractivity contribution in [3.8, 4) is 0 Å². The van der Waals surface area contributed by atoms with Gasteiger partial charge in [-0.05, 0) is 19.3 Å². The Labute approximate surface area is 65.6 Å². The van der Waals surface area contributed by atoms with E-state index in [2.05, 4.69) is 4.99 Å². The summed E-state index contributed by atoms with van der Waals surface area (Å²) in [4.78, 5) is 12.7. The van der Waals surface area contributed by atoms with Crippen LogP contribution in [-0.4, -0.2) is 29.1 Å². The summed E-state index contributed by atoms with van der Waals surface area (Å²) in [6.07, 6.45) is 3.19. The van der Waals surface area contributed by atoms with Crippen LogP contribution in [0.25, 0.3) is 0 Å². The van der Waals surface area contributed by atoms with Crippen LogP contribution in [0.4, 0.5) is 0 Å². The second-order valence-corrected chi connectivity index (χ2v) is 2.27. The number of aliphatic imine (C=N–C) groups is 1. The number of carbonyl (C=O) groups excluding carboxylic acids is 1. The van der Waals surface area contributed by atoms with E-state index in [0.717, 1.165) is 19.3 Å². The van der Waals surface area contributed by atoms with Crippen LogP contribution >= 0.6 is 0 Å². The van der Waals surface area contributed by atoms with Crippen molar-refractivity contribution in [3.63, 3.8) is 0 Å². The first-order valence-corrected chi connectivity index (χ1v) is 3.67. The first-order chi connectivity index (χ1) is 5.31. The summed E-state index contributed by atoms with van der Waals surface area (Å²) in [5, 5.41) is 17.2. The minimum atomic E-state index is -0.911. The molecule has 0 aromatic rings. The van der Waals surface area contributed by atoms with E-state index in [1.54, 1.807) is 0 Å². The summed E-state index contributed by atoms with van der Waals surface area (Å²) < 4.78 is 0. The number of hydrogen-bond donors (Lipinski definition) is 2. The maximum atomic E-state index is 9.61. The highest BCUT2D eigenvalue weighted by Crippen LogP contribution is 2.03. The average molecular weight is 159 g/mol. The third kappa shape index (κ3) is 7.19. The normalized spacial score (nSPS) is 12.2. The van der Waals surface area contributed by atoms with Gasteiger partial charge in [0.25, 0.3) is 0 Å². The van der Waals surface area contributed by atoms with Gasteiger partial charge in [-0.25, -0.2) is 4.79 Å². The van der Waals surface area contributed by atoms with Crippen molar-refractivity contribution >= 4 is 6.08 Å². The molecule has 64 valence electrons. The summed E-state index contributed by atoms with van der Waals surface area (Å²) in [6.45, 7) is 0.174. The number of isocyanates is 1. The fourth-order valence-electron chi connectivity index (χ4n) is 0.741. The number of aliphatic hydroxyl groups excluding tert-OH is 2. The Morgan fingerprint density at radius 1 is 1.36 bits per heavy atom. The molecule has 0 rings (SSSR count). The molecule has 1 atom stereocenters. The van der Waals surface area contributed by atoms with Crippen molar-refractivity contribution in [3.05, 3.63) is 0 Å². The first kappa shape index (κ1) is 10.3. The lowest BCUT2D eigenvalue weighted by atomic mass is 10.2. The van der Waals surface area contributed by atoms with E-state index >= 15 is 0 Å². The van der Waals surface area contributed by atoms with Crippen molar-refractivity contribution in [2.75, 3.05) is 6.61 Å². The lowest BCUT2D eigenvalue weighted by Crippen LogP contribution is -2.01. The molecule has 0 bridgehead atoms. The number of nitrogens with zero attached hydrogens (tertiary/aromatic N) is 1. The molecule has 0 radical (unpaired) electrons. The molecule has 0 heterocycles. The van der Waals surface area contributed by atoms with E-state index in [4.69, 9.17) is 10.2 Å². The van der Waals surface area contributed by atoms with Crippen molar-refractivity contribution in [2.45, 2.75) is 31.9 Å². The first-order valence-electron chi connectivity index (χ1n) is 3.67. The molecule has 0 aromatic heterocycles. The van der Waals surface area contributed by atoms with E-state index in [0.29, 0.717) is 6.42 Å². The van der Waals surface area contributed by atoms with E-state index in [1.807, 2.05) is 0 Å². The predicted octanol–water partition coefficient (Wildman–Crippen LogP) is 0.193. The highest BCUT2D eigenvalue weighted by molar-refractivity contribution is 5.33. The maximum absolute atomic E-state index is 9.61. The Balaban J connectivity index is 3.17. The zero-order valence-electron chi connectivity index (χ0n) is 6.36. The van der Waals surface area contributed by atoms with Crippen LogP contribution in [0.1, 0.15) is 25.7 Å². The van der Waals surface area contributed by atoms with Gasteiger partial charge >= 0.3 is 0 Å². The van der Waals surface area contributed by atoms with Crippen LogP contribution in [0.5, 0.6) is 0 Å². The third-order valence-corrected chi connectivity index (χ3v) is 1.32. The molecule has 0 aliphatic heterocycles. The molecule has 0 fully saturated rings. The molecule has 11 heavy (non-hydrogen) atoms. The number of aliphatic hydroxyl groups is 2. The predicted molar refractivity (Wildman–Crippen MR) is 39.7 cm³/mol. The van der Waals surface area contributed by atoms with E-state index in [1.165, 1.54) is 6.08 Å². The van der Waals surface area contributed by atoms with Gasteiger partial charge in [0.05, 0.1) is 0 Å². The van der Waals surface area contributed by atoms with E-state index < -0.39 is 6.23 Å². The average Bonchev–Trinajstić information content (AvgIpc) is 1.99. The Morgan fingerprint density at radius 2 is 2.09 bits per heavy atom. The van der Waals surface area contributed by atoms with Crippen molar-refractivity contribution in [2.24, 2.45) is 4.99 Å². The molecule has 1 unspecified atom stereocenters.